The Hall–Kier alpha value is -5.81. The lowest BCUT2D eigenvalue weighted by Gasteiger charge is -2.30. The SMILES string of the molecule is CC(C)[C@H](NC(=O)O[C@H]1CCOC1)C(=O)N1CC[C@H](CNc2ncc(-c3ccc4cc(-c5cnc([C@@H]6CCCN6C(=O)[C@H](NC(=O)O[C@H]6CCOC6)C(C)C)[nH]5)ccc4c3)cn2)C1. The summed E-state index contributed by atoms with van der Waals surface area (Å²) in [6.45, 7) is 12.0. The third-order valence-corrected chi connectivity index (χ3v) is 12.5. The van der Waals surface area contributed by atoms with Crippen LogP contribution in [-0.4, -0.2) is 131 Å². The summed E-state index contributed by atoms with van der Waals surface area (Å²) in [5.41, 5.74) is 3.71. The van der Waals surface area contributed by atoms with Gasteiger partial charge in [0.2, 0.25) is 17.8 Å². The number of hydrogen-bond acceptors (Lipinski definition) is 12. The summed E-state index contributed by atoms with van der Waals surface area (Å²) < 4.78 is 21.5. The Morgan fingerprint density at radius 1 is 0.746 bits per heavy atom. The van der Waals surface area contributed by atoms with Gasteiger partial charge in [0, 0.05) is 62.5 Å². The molecular formula is C46H59N9O8. The highest BCUT2D eigenvalue weighted by Crippen LogP contribution is 2.34. The lowest BCUT2D eigenvalue weighted by Crippen LogP contribution is -2.51. The van der Waals surface area contributed by atoms with Crippen molar-refractivity contribution in [2.45, 2.75) is 90.1 Å². The molecule has 2 aromatic heterocycles. The Balaban J connectivity index is 0.840. The third-order valence-electron chi connectivity index (χ3n) is 12.5. The molecule has 0 bridgehead atoms. The van der Waals surface area contributed by atoms with E-state index in [1.807, 2.05) is 56.1 Å². The minimum Gasteiger partial charge on any atom is -0.444 e. The third kappa shape index (κ3) is 10.5. The molecule has 2 aromatic carbocycles. The second-order valence-corrected chi connectivity index (χ2v) is 17.8. The van der Waals surface area contributed by atoms with Gasteiger partial charge in [-0.15, -0.1) is 0 Å². The first-order chi connectivity index (χ1) is 30.5. The van der Waals surface area contributed by atoms with E-state index in [2.05, 4.69) is 67.3 Å². The lowest BCUT2D eigenvalue weighted by molar-refractivity contribution is -0.135. The summed E-state index contributed by atoms with van der Waals surface area (Å²) in [6, 6.07) is 10.9. The maximum absolute atomic E-state index is 13.9. The molecule has 4 fully saturated rings. The van der Waals surface area contributed by atoms with Gasteiger partial charge in [-0.3, -0.25) is 9.59 Å². The first-order valence-electron chi connectivity index (χ1n) is 22.3. The van der Waals surface area contributed by atoms with E-state index in [9.17, 15) is 19.2 Å². The number of anilines is 1. The van der Waals surface area contributed by atoms with Gasteiger partial charge in [0.1, 0.15) is 30.1 Å². The molecule has 63 heavy (non-hydrogen) atoms. The van der Waals surface area contributed by atoms with Crippen molar-refractivity contribution < 1.29 is 38.1 Å². The van der Waals surface area contributed by atoms with Crippen molar-refractivity contribution in [3.05, 3.63) is 60.8 Å². The number of imidazole rings is 1. The van der Waals surface area contributed by atoms with Crippen molar-refractivity contribution in [2.75, 3.05) is 57.9 Å². The average molecular weight is 866 g/mol. The minimum atomic E-state index is -0.721. The molecule has 17 heteroatoms. The van der Waals surface area contributed by atoms with Gasteiger partial charge in [-0.25, -0.2) is 24.5 Å². The monoisotopic (exact) mass is 865 g/mol. The van der Waals surface area contributed by atoms with Crippen LogP contribution in [0.25, 0.3) is 33.2 Å². The summed E-state index contributed by atoms with van der Waals surface area (Å²) in [5, 5.41) is 11.1. The number of rotatable bonds is 14. The molecular weight excluding hydrogens is 807 g/mol. The number of ether oxygens (including phenoxy) is 4. The standard InChI is InChI=1S/C46H59N9O8/c1-27(2)39(52-45(58)62-35-12-16-60-25-35)42(56)54-15-11-29(24-54)20-48-44-49-21-34(22-50-44)32-8-7-31-19-33(10-9-30(31)18-32)37-23-47-41(51-37)38-6-5-14-55(38)43(57)40(28(3)4)53-46(59)63-36-13-17-61-26-36/h7-10,18-19,21-23,27-29,35-36,38-40H,5-6,11-17,20,24-26H2,1-4H3,(H,47,51)(H,52,58)(H,53,59)(H,48,49,50)/t29-,35+,36+,38+,39+,40-/m1/s1. The maximum Gasteiger partial charge on any atom is 0.408 e. The highest BCUT2D eigenvalue weighted by molar-refractivity contribution is 5.91. The van der Waals surface area contributed by atoms with Gasteiger partial charge in [-0.05, 0) is 65.5 Å². The lowest BCUT2D eigenvalue weighted by atomic mass is 10.0. The number of fused-ring (bicyclic) bond motifs is 1. The highest BCUT2D eigenvalue weighted by Gasteiger charge is 2.38. The van der Waals surface area contributed by atoms with E-state index in [-0.39, 0.29) is 47.8 Å². The van der Waals surface area contributed by atoms with E-state index < -0.39 is 24.3 Å². The number of aromatic amines is 1. The number of likely N-dealkylation sites (tertiary alicyclic amines) is 2. The zero-order valence-electron chi connectivity index (χ0n) is 36.5. The number of aromatic nitrogens is 4. The fourth-order valence-electron chi connectivity index (χ4n) is 8.80. The van der Waals surface area contributed by atoms with Crippen molar-refractivity contribution in [2.24, 2.45) is 17.8 Å². The maximum atomic E-state index is 13.9. The smallest absolute Gasteiger partial charge is 0.408 e. The average Bonchev–Trinajstić information content (AvgIpc) is 4.14. The van der Waals surface area contributed by atoms with Crippen LogP contribution < -0.4 is 16.0 Å². The predicted molar refractivity (Wildman–Crippen MR) is 234 cm³/mol. The number of carbonyl (C=O) groups excluding carboxylic acids is 4. The first-order valence-corrected chi connectivity index (χ1v) is 22.3. The summed E-state index contributed by atoms with van der Waals surface area (Å²) >= 11 is 0. The van der Waals surface area contributed by atoms with E-state index in [0.717, 1.165) is 58.2 Å². The molecule has 4 amide bonds. The summed E-state index contributed by atoms with van der Waals surface area (Å²) in [4.78, 5) is 73.6. The topological polar surface area (TPSA) is 202 Å². The van der Waals surface area contributed by atoms with E-state index >= 15 is 0 Å². The molecule has 4 aliphatic rings. The largest absolute Gasteiger partial charge is 0.444 e. The number of hydrogen-bond donors (Lipinski definition) is 4. The van der Waals surface area contributed by atoms with E-state index in [4.69, 9.17) is 23.9 Å². The van der Waals surface area contributed by atoms with E-state index in [0.29, 0.717) is 71.4 Å². The summed E-state index contributed by atoms with van der Waals surface area (Å²) in [6.07, 6.45) is 7.44. The Morgan fingerprint density at radius 3 is 1.98 bits per heavy atom. The zero-order chi connectivity index (χ0) is 44.0. The molecule has 6 heterocycles. The number of H-pyrrole nitrogens is 1. The number of amides is 4. The normalized spacial score (nSPS) is 22.1. The van der Waals surface area contributed by atoms with Crippen molar-refractivity contribution in [1.29, 1.82) is 0 Å². The van der Waals surface area contributed by atoms with Crippen LogP contribution in [0.3, 0.4) is 0 Å². The van der Waals surface area contributed by atoms with Crippen LogP contribution in [0.2, 0.25) is 0 Å². The Labute approximate surface area is 367 Å². The molecule has 4 N–H and O–H groups in total. The molecule has 0 saturated carbocycles. The van der Waals surface area contributed by atoms with Crippen LogP contribution in [0, 0.1) is 17.8 Å². The number of benzene rings is 2. The molecule has 17 nitrogen and oxygen atoms in total. The molecule has 0 aliphatic carbocycles. The molecule has 0 spiro atoms. The molecule has 6 atom stereocenters. The van der Waals surface area contributed by atoms with E-state index in [1.165, 1.54) is 0 Å². The van der Waals surface area contributed by atoms with Gasteiger partial charge in [0.25, 0.3) is 0 Å². The van der Waals surface area contributed by atoms with Crippen LogP contribution in [0.15, 0.2) is 55.0 Å². The van der Waals surface area contributed by atoms with Crippen molar-refractivity contribution >= 4 is 40.7 Å². The minimum absolute atomic E-state index is 0.0917. The van der Waals surface area contributed by atoms with Gasteiger partial charge < -0.3 is 49.7 Å². The van der Waals surface area contributed by atoms with Crippen LogP contribution in [0.5, 0.6) is 0 Å². The fraction of sp³-hybridized carbons (Fsp3) is 0.543. The van der Waals surface area contributed by atoms with Gasteiger partial charge in [0.15, 0.2) is 0 Å². The fourth-order valence-corrected chi connectivity index (χ4v) is 8.80. The van der Waals surface area contributed by atoms with Crippen LogP contribution in [-0.2, 0) is 28.5 Å². The second-order valence-electron chi connectivity index (χ2n) is 17.8. The Kier molecular flexibility index (Phi) is 13.7. The number of nitrogens with zero attached hydrogens (tertiary/aromatic N) is 5. The molecule has 4 aliphatic heterocycles. The molecule has 336 valence electrons. The van der Waals surface area contributed by atoms with Gasteiger partial charge in [0.05, 0.1) is 44.4 Å². The quantitative estimate of drug-likeness (QED) is 0.121. The number of carbonyl (C=O) groups is 4. The van der Waals surface area contributed by atoms with E-state index in [1.54, 1.807) is 0 Å². The van der Waals surface area contributed by atoms with Gasteiger partial charge in [-0.1, -0.05) is 52.0 Å². The summed E-state index contributed by atoms with van der Waals surface area (Å²) in [7, 11) is 0. The number of alkyl carbamates (subject to hydrolysis) is 2. The zero-order valence-corrected chi connectivity index (χ0v) is 36.5. The second kappa shape index (κ2) is 19.7. The molecule has 4 aromatic rings. The number of nitrogens with one attached hydrogen (secondary N) is 4. The molecule has 8 rings (SSSR count). The van der Waals surface area contributed by atoms with Crippen LogP contribution in [0.1, 0.15) is 71.7 Å². The van der Waals surface area contributed by atoms with Crippen molar-refractivity contribution in [1.82, 2.24) is 40.4 Å². The van der Waals surface area contributed by atoms with Gasteiger partial charge >= 0.3 is 12.2 Å². The molecule has 4 saturated heterocycles. The Bertz CT molecular complexity index is 2240. The molecule has 0 radical (unpaired) electrons. The summed E-state index contributed by atoms with van der Waals surface area (Å²) in [5.74, 6) is 0.988. The van der Waals surface area contributed by atoms with Gasteiger partial charge in [-0.2, -0.15) is 0 Å². The molecule has 0 unspecified atom stereocenters. The predicted octanol–water partition coefficient (Wildman–Crippen LogP) is 5.69. The van der Waals surface area contributed by atoms with Crippen molar-refractivity contribution in [3.63, 3.8) is 0 Å². The Morgan fingerprint density at radius 2 is 1.37 bits per heavy atom. The first kappa shape index (κ1) is 43.8. The van der Waals surface area contributed by atoms with Crippen LogP contribution >= 0.6 is 0 Å². The highest BCUT2D eigenvalue weighted by atomic mass is 16.6. The van der Waals surface area contributed by atoms with Crippen molar-refractivity contribution in [3.8, 4) is 22.4 Å². The van der Waals surface area contributed by atoms with Crippen LogP contribution in [0.4, 0.5) is 15.5 Å².